The van der Waals surface area contributed by atoms with Gasteiger partial charge in [-0.3, -0.25) is 4.72 Å². The molecule has 0 bridgehead atoms. The molecule has 0 heterocycles. The van der Waals surface area contributed by atoms with Gasteiger partial charge in [-0.15, -0.1) is 0 Å². The first-order valence-electron chi connectivity index (χ1n) is 6.82. The Kier molecular flexibility index (Phi) is 4.71. The number of sulfonamides is 1. The SMILES string of the molecule is Cc1cc(C)c(NS(=O)(=O)CCc2cccc(F)c2)cc1O. The number of phenolic OH excluding ortho intramolecular Hbond substituents is 1. The van der Waals surface area contributed by atoms with Crippen molar-refractivity contribution in [1.82, 2.24) is 0 Å². The summed E-state index contributed by atoms with van der Waals surface area (Å²) in [6, 6.07) is 8.96. The normalized spacial score (nSPS) is 11.4. The zero-order valence-corrected chi connectivity index (χ0v) is 13.2. The standard InChI is InChI=1S/C16H18FNO3S/c1-11-8-12(2)16(19)10-15(11)18-22(20,21)7-6-13-4-3-5-14(17)9-13/h3-5,8-10,18-19H,6-7H2,1-2H3. The number of aryl methyl sites for hydroxylation is 3. The first-order valence-corrected chi connectivity index (χ1v) is 8.47. The van der Waals surface area contributed by atoms with E-state index in [9.17, 15) is 17.9 Å². The van der Waals surface area contributed by atoms with E-state index in [0.29, 0.717) is 16.8 Å². The van der Waals surface area contributed by atoms with Crippen molar-refractivity contribution in [2.45, 2.75) is 20.3 Å². The van der Waals surface area contributed by atoms with Crippen LogP contribution >= 0.6 is 0 Å². The number of aromatic hydroxyl groups is 1. The van der Waals surface area contributed by atoms with E-state index in [1.807, 2.05) is 0 Å². The van der Waals surface area contributed by atoms with Gasteiger partial charge in [0.05, 0.1) is 11.4 Å². The quantitative estimate of drug-likeness (QED) is 0.888. The molecule has 0 fully saturated rings. The first-order chi connectivity index (χ1) is 10.3. The van der Waals surface area contributed by atoms with Crippen molar-refractivity contribution in [2.24, 2.45) is 0 Å². The number of hydrogen-bond donors (Lipinski definition) is 2. The summed E-state index contributed by atoms with van der Waals surface area (Å²) in [6.07, 6.45) is 0.212. The minimum atomic E-state index is -3.58. The van der Waals surface area contributed by atoms with Crippen LogP contribution in [0.2, 0.25) is 0 Å². The molecule has 0 aliphatic carbocycles. The van der Waals surface area contributed by atoms with Crippen molar-refractivity contribution in [1.29, 1.82) is 0 Å². The molecule has 0 saturated carbocycles. The Hall–Kier alpha value is -2.08. The summed E-state index contributed by atoms with van der Waals surface area (Å²) in [6.45, 7) is 3.50. The second-order valence-corrected chi connectivity index (χ2v) is 7.10. The number of nitrogens with one attached hydrogen (secondary N) is 1. The first kappa shape index (κ1) is 16.3. The van der Waals surface area contributed by atoms with Gasteiger partial charge in [0, 0.05) is 6.07 Å². The molecule has 0 aromatic heterocycles. The van der Waals surface area contributed by atoms with Crippen LogP contribution in [-0.2, 0) is 16.4 Å². The molecule has 2 aromatic carbocycles. The van der Waals surface area contributed by atoms with Gasteiger partial charge in [0.15, 0.2) is 0 Å². The lowest BCUT2D eigenvalue weighted by atomic mass is 10.1. The molecule has 2 aromatic rings. The number of rotatable bonds is 5. The number of halogens is 1. The molecule has 6 heteroatoms. The Balaban J connectivity index is 2.10. The lowest BCUT2D eigenvalue weighted by molar-refractivity contribution is 0.471. The van der Waals surface area contributed by atoms with Crippen LogP contribution in [0.15, 0.2) is 36.4 Å². The lowest BCUT2D eigenvalue weighted by Gasteiger charge is -2.12. The largest absolute Gasteiger partial charge is 0.508 e. The fraction of sp³-hybridized carbons (Fsp3) is 0.250. The molecule has 0 radical (unpaired) electrons. The van der Waals surface area contributed by atoms with E-state index in [0.717, 1.165) is 5.56 Å². The zero-order chi connectivity index (χ0) is 16.3. The minimum Gasteiger partial charge on any atom is -0.508 e. The maximum atomic E-state index is 13.1. The van der Waals surface area contributed by atoms with Crippen LogP contribution in [0.1, 0.15) is 16.7 Å². The third-order valence-corrected chi connectivity index (χ3v) is 4.63. The highest BCUT2D eigenvalue weighted by molar-refractivity contribution is 7.92. The number of hydrogen-bond acceptors (Lipinski definition) is 3. The minimum absolute atomic E-state index is 0.0356. The van der Waals surface area contributed by atoms with Gasteiger partial charge in [-0.25, -0.2) is 12.8 Å². The van der Waals surface area contributed by atoms with Crippen LogP contribution in [0.25, 0.3) is 0 Å². The summed E-state index contributed by atoms with van der Waals surface area (Å²) < 4.78 is 39.8. The highest BCUT2D eigenvalue weighted by atomic mass is 32.2. The van der Waals surface area contributed by atoms with Crippen molar-refractivity contribution >= 4 is 15.7 Å². The highest BCUT2D eigenvalue weighted by Crippen LogP contribution is 2.26. The molecule has 0 amide bonds. The fourth-order valence-electron chi connectivity index (χ4n) is 2.11. The molecule has 4 nitrogen and oxygen atoms in total. The topological polar surface area (TPSA) is 66.4 Å². The van der Waals surface area contributed by atoms with E-state index in [1.54, 1.807) is 32.0 Å². The molecular formula is C16H18FNO3S. The Morgan fingerprint density at radius 2 is 1.86 bits per heavy atom. The molecule has 2 N–H and O–H groups in total. The van der Waals surface area contributed by atoms with E-state index >= 15 is 0 Å². The summed E-state index contributed by atoms with van der Waals surface area (Å²) in [7, 11) is -3.58. The second kappa shape index (κ2) is 6.36. The molecule has 0 unspecified atom stereocenters. The fourth-order valence-corrected chi connectivity index (χ4v) is 3.28. The smallest absolute Gasteiger partial charge is 0.233 e. The van der Waals surface area contributed by atoms with Crippen molar-refractivity contribution in [3.63, 3.8) is 0 Å². The van der Waals surface area contributed by atoms with Crippen molar-refractivity contribution < 1.29 is 17.9 Å². The third-order valence-electron chi connectivity index (χ3n) is 3.36. The van der Waals surface area contributed by atoms with Gasteiger partial charge in [-0.1, -0.05) is 18.2 Å². The van der Waals surface area contributed by atoms with Crippen molar-refractivity contribution in [3.8, 4) is 5.75 Å². The molecule has 0 aliphatic heterocycles. The van der Waals surface area contributed by atoms with Crippen LogP contribution in [0.3, 0.4) is 0 Å². The van der Waals surface area contributed by atoms with Crippen molar-refractivity contribution in [2.75, 3.05) is 10.5 Å². The molecule has 118 valence electrons. The predicted molar refractivity (Wildman–Crippen MR) is 85.1 cm³/mol. The summed E-state index contributed by atoms with van der Waals surface area (Å²) in [5.74, 6) is -0.513. The van der Waals surface area contributed by atoms with Gasteiger partial charge in [-0.05, 0) is 49.1 Å². The third kappa shape index (κ3) is 4.21. The maximum absolute atomic E-state index is 13.1. The van der Waals surface area contributed by atoms with Gasteiger partial charge in [0.2, 0.25) is 10.0 Å². The number of anilines is 1. The van der Waals surface area contributed by atoms with E-state index in [1.165, 1.54) is 18.2 Å². The molecule has 0 aliphatic rings. The van der Waals surface area contributed by atoms with Crippen molar-refractivity contribution in [3.05, 3.63) is 58.9 Å². The zero-order valence-electron chi connectivity index (χ0n) is 12.4. The Labute approximate surface area is 129 Å². The molecule has 0 spiro atoms. The van der Waals surface area contributed by atoms with E-state index < -0.39 is 10.0 Å². The molecule has 0 atom stereocenters. The monoisotopic (exact) mass is 323 g/mol. The van der Waals surface area contributed by atoms with E-state index in [2.05, 4.69) is 4.72 Å². The second-order valence-electron chi connectivity index (χ2n) is 5.25. The summed E-state index contributed by atoms with van der Waals surface area (Å²) in [5, 5.41) is 9.68. The highest BCUT2D eigenvalue weighted by Gasteiger charge is 2.13. The Morgan fingerprint density at radius 1 is 1.14 bits per heavy atom. The summed E-state index contributed by atoms with van der Waals surface area (Å²) in [4.78, 5) is 0. The predicted octanol–water partition coefficient (Wildman–Crippen LogP) is 3.13. The lowest BCUT2D eigenvalue weighted by Crippen LogP contribution is -2.18. The average molecular weight is 323 g/mol. The molecule has 0 saturated heterocycles. The van der Waals surface area contributed by atoms with E-state index in [4.69, 9.17) is 0 Å². The van der Waals surface area contributed by atoms with Gasteiger partial charge in [0.25, 0.3) is 0 Å². The number of benzene rings is 2. The Morgan fingerprint density at radius 3 is 2.55 bits per heavy atom. The van der Waals surface area contributed by atoms with E-state index in [-0.39, 0.29) is 23.7 Å². The van der Waals surface area contributed by atoms with Gasteiger partial charge >= 0.3 is 0 Å². The molecule has 2 rings (SSSR count). The maximum Gasteiger partial charge on any atom is 0.233 e. The molecule has 22 heavy (non-hydrogen) atoms. The van der Waals surface area contributed by atoms with Gasteiger partial charge in [0.1, 0.15) is 11.6 Å². The number of phenols is 1. The van der Waals surface area contributed by atoms with Gasteiger partial charge < -0.3 is 5.11 Å². The van der Waals surface area contributed by atoms with Crippen LogP contribution in [0.4, 0.5) is 10.1 Å². The summed E-state index contributed by atoms with van der Waals surface area (Å²) >= 11 is 0. The van der Waals surface area contributed by atoms with Crippen LogP contribution in [0.5, 0.6) is 5.75 Å². The molecular weight excluding hydrogens is 305 g/mol. The van der Waals surface area contributed by atoms with Gasteiger partial charge in [-0.2, -0.15) is 0 Å². The van der Waals surface area contributed by atoms with Crippen LogP contribution in [-0.4, -0.2) is 19.3 Å². The summed E-state index contributed by atoms with van der Waals surface area (Å²) in [5.41, 5.74) is 2.38. The van der Waals surface area contributed by atoms with Crippen LogP contribution in [0, 0.1) is 19.7 Å². The van der Waals surface area contributed by atoms with Crippen LogP contribution < -0.4 is 4.72 Å². The average Bonchev–Trinajstić information content (AvgIpc) is 2.43. The Bertz CT molecular complexity index is 788.